The molecule has 0 amide bonds. The van der Waals surface area contributed by atoms with Crippen molar-refractivity contribution in [3.63, 3.8) is 0 Å². The number of rotatable bonds is 5. The van der Waals surface area contributed by atoms with Crippen molar-refractivity contribution in [3.8, 4) is 0 Å². The maximum Gasteiger partial charge on any atom is 0.354 e. The van der Waals surface area contributed by atoms with E-state index in [9.17, 15) is 14.9 Å². The smallest absolute Gasteiger partial charge is 0.354 e. The summed E-state index contributed by atoms with van der Waals surface area (Å²) >= 11 is 0. The van der Waals surface area contributed by atoms with Crippen LogP contribution >= 0.6 is 0 Å². The largest absolute Gasteiger partial charge is 0.461 e. The molecule has 0 aliphatic carbocycles. The van der Waals surface area contributed by atoms with Gasteiger partial charge in [-0.05, 0) is 26.8 Å². The predicted octanol–water partition coefficient (Wildman–Crippen LogP) is 2.25. The number of hydrogen-bond donors (Lipinski definition) is 1. The Balaban J connectivity index is 2.83. The Labute approximate surface area is 110 Å². The number of esters is 1. The van der Waals surface area contributed by atoms with Gasteiger partial charge in [-0.25, -0.2) is 4.79 Å². The van der Waals surface area contributed by atoms with Crippen molar-refractivity contribution < 1.29 is 14.5 Å². The molecule has 0 bridgehead atoms. The molecule has 0 spiro atoms. The van der Waals surface area contributed by atoms with Crippen molar-refractivity contribution in [1.82, 2.24) is 0 Å². The zero-order chi connectivity index (χ0) is 14.4. The van der Waals surface area contributed by atoms with Crippen LogP contribution in [0.3, 0.4) is 0 Å². The van der Waals surface area contributed by atoms with Crippen LogP contribution in [0.25, 0.3) is 0 Å². The number of carbonyl (C=O) groups is 1. The lowest BCUT2D eigenvalue weighted by molar-refractivity contribution is -0.385. The van der Waals surface area contributed by atoms with Gasteiger partial charge in [0.05, 0.1) is 17.2 Å². The fourth-order valence-corrected chi connectivity index (χ4v) is 1.31. The quantitative estimate of drug-likeness (QED) is 0.381. The highest BCUT2D eigenvalue weighted by molar-refractivity contribution is 6.35. The van der Waals surface area contributed by atoms with E-state index in [0.29, 0.717) is 11.3 Å². The van der Waals surface area contributed by atoms with Gasteiger partial charge in [-0.3, -0.25) is 15.5 Å². The SMILES string of the molecule is CCOC(=O)C(C)=NNc1ccc(C)c([N+](=O)[O-])c1. The second-order valence-electron chi connectivity index (χ2n) is 3.79. The fourth-order valence-electron chi connectivity index (χ4n) is 1.31. The number of nitrogens with one attached hydrogen (secondary N) is 1. The molecule has 0 aliphatic rings. The number of hydrazone groups is 1. The van der Waals surface area contributed by atoms with E-state index < -0.39 is 10.9 Å². The second kappa shape index (κ2) is 6.48. The summed E-state index contributed by atoms with van der Waals surface area (Å²) in [6.07, 6.45) is 0. The summed E-state index contributed by atoms with van der Waals surface area (Å²) < 4.78 is 4.76. The van der Waals surface area contributed by atoms with Crippen molar-refractivity contribution in [3.05, 3.63) is 33.9 Å². The van der Waals surface area contributed by atoms with Crippen LogP contribution < -0.4 is 5.43 Å². The molecule has 0 saturated carbocycles. The topological polar surface area (TPSA) is 93.8 Å². The van der Waals surface area contributed by atoms with Gasteiger partial charge in [0.1, 0.15) is 5.71 Å². The van der Waals surface area contributed by atoms with Gasteiger partial charge in [-0.2, -0.15) is 5.10 Å². The number of carbonyl (C=O) groups excluding carboxylic acids is 1. The number of aryl methyl sites for hydroxylation is 1. The van der Waals surface area contributed by atoms with Crippen LogP contribution in [-0.4, -0.2) is 23.2 Å². The van der Waals surface area contributed by atoms with Crippen LogP contribution in [0.15, 0.2) is 23.3 Å². The van der Waals surface area contributed by atoms with E-state index in [4.69, 9.17) is 4.74 Å². The van der Waals surface area contributed by atoms with Crippen molar-refractivity contribution >= 4 is 23.1 Å². The van der Waals surface area contributed by atoms with E-state index in [-0.39, 0.29) is 18.0 Å². The summed E-state index contributed by atoms with van der Waals surface area (Å²) in [6, 6.07) is 4.61. The van der Waals surface area contributed by atoms with E-state index in [1.54, 1.807) is 26.0 Å². The third-order valence-corrected chi connectivity index (χ3v) is 2.33. The molecule has 0 aliphatic heterocycles. The predicted molar refractivity (Wildman–Crippen MR) is 71.2 cm³/mol. The van der Waals surface area contributed by atoms with E-state index in [1.807, 2.05) is 0 Å². The Morgan fingerprint density at radius 3 is 2.79 bits per heavy atom. The number of ether oxygens (including phenoxy) is 1. The van der Waals surface area contributed by atoms with Crippen LogP contribution in [0.2, 0.25) is 0 Å². The lowest BCUT2D eigenvalue weighted by Crippen LogP contribution is -2.15. The number of benzene rings is 1. The Hall–Kier alpha value is -2.44. The Morgan fingerprint density at radius 1 is 1.53 bits per heavy atom. The number of nitro benzene ring substituents is 1. The summed E-state index contributed by atoms with van der Waals surface area (Å²) in [4.78, 5) is 21.6. The molecule has 0 fully saturated rings. The van der Waals surface area contributed by atoms with Crippen LogP contribution in [0.5, 0.6) is 0 Å². The normalized spacial score (nSPS) is 11.0. The molecule has 0 saturated heterocycles. The second-order valence-corrected chi connectivity index (χ2v) is 3.79. The molecule has 1 aromatic rings. The van der Waals surface area contributed by atoms with Gasteiger partial charge in [-0.15, -0.1) is 0 Å². The molecule has 0 atom stereocenters. The van der Waals surface area contributed by atoms with Gasteiger partial charge in [0, 0.05) is 11.6 Å². The molecule has 102 valence electrons. The Morgan fingerprint density at radius 2 is 2.21 bits per heavy atom. The summed E-state index contributed by atoms with van der Waals surface area (Å²) in [5, 5.41) is 14.6. The third kappa shape index (κ3) is 4.06. The first-order chi connectivity index (χ1) is 8.95. The highest BCUT2D eigenvalue weighted by Crippen LogP contribution is 2.22. The fraction of sp³-hybridized carbons (Fsp3) is 0.333. The molecule has 0 radical (unpaired) electrons. The summed E-state index contributed by atoms with van der Waals surface area (Å²) in [6.45, 7) is 5.10. The number of hydrogen-bond acceptors (Lipinski definition) is 6. The molecule has 7 heteroatoms. The number of nitro groups is 1. The molecule has 0 unspecified atom stereocenters. The van der Waals surface area contributed by atoms with Crippen molar-refractivity contribution in [1.29, 1.82) is 0 Å². The summed E-state index contributed by atoms with van der Waals surface area (Å²) in [5.74, 6) is -0.531. The first kappa shape index (κ1) is 14.6. The summed E-state index contributed by atoms with van der Waals surface area (Å²) in [7, 11) is 0. The van der Waals surface area contributed by atoms with Crippen LogP contribution in [-0.2, 0) is 9.53 Å². The monoisotopic (exact) mass is 265 g/mol. The lowest BCUT2D eigenvalue weighted by atomic mass is 10.2. The van der Waals surface area contributed by atoms with Crippen LogP contribution in [0.1, 0.15) is 19.4 Å². The van der Waals surface area contributed by atoms with Gasteiger partial charge >= 0.3 is 5.97 Å². The van der Waals surface area contributed by atoms with Crippen LogP contribution in [0.4, 0.5) is 11.4 Å². The molecule has 0 aromatic heterocycles. The van der Waals surface area contributed by atoms with Gasteiger partial charge in [0.15, 0.2) is 0 Å². The lowest BCUT2D eigenvalue weighted by Gasteiger charge is -2.04. The van der Waals surface area contributed by atoms with E-state index in [2.05, 4.69) is 10.5 Å². The molecular formula is C12H15N3O4. The molecule has 19 heavy (non-hydrogen) atoms. The van der Waals surface area contributed by atoms with Crippen molar-refractivity contribution in [2.75, 3.05) is 12.0 Å². The average molecular weight is 265 g/mol. The van der Waals surface area contributed by atoms with Gasteiger partial charge in [-0.1, -0.05) is 6.07 Å². The molecule has 7 nitrogen and oxygen atoms in total. The minimum atomic E-state index is -0.531. The van der Waals surface area contributed by atoms with E-state index in [0.717, 1.165) is 0 Å². The Bertz CT molecular complexity index is 526. The molecule has 1 rings (SSSR count). The van der Waals surface area contributed by atoms with Crippen molar-refractivity contribution in [2.24, 2.45) is 5.10 Å². The van der Waals surface area contributed by atoms with E-state index >= 15 is 0 Å². The standard InChI is InChI=1S/C12H15N3O4/c1-4-19-12(16)9(3)13-14-10-6-5-8(2)11(7-10)15(17)18/h5-7,14H,4H2,1-3H3. The third-order valence-electron chi connectivity index (χ3n) is 2.33. The zero-order valence-electron chi connectivity index (χ0n) is 11.0. The molecule has 1 N–H and O–H groups in total. The number of nitrogens with zero attached hydrogens (tertiary/aromatic N) is 2. The average Bonchev–Trinajstić information content (AvgIpc) is 2.37. The molecule has 0 heterocycles. The highest BCUT2D eigenvalue weighted by atomic mass is 16.6. The first-order valence-electron chi connectivity index (χ1n) is 5.68. The first-order valence-corrected chi connectivity index (χ1v) is 5.68. The minimum Gasteiger partial charge on any atom is -0.461 e. The molecule has 1 aromatic carbocycles. The van der Waals surface area contributed by atoms with Crippen molar-refractivity contribution in [2.45, 2.75) is 20.8 Å². The van der Waals surface area contributed by atoms with Crippen LogP contribution in [0, 0.1) is 17.0 Å². The summed E-state index contributed by atoms with van der Waals surface area (Å²) in [5.41, 5.74) is 3.72. The van der Waals surface area contributed by atoms with Gasteiger partial charge in [0.25, 0.3) is 5.69 Å². The molecular weight excluding hydrogens is 250 g/mol. The van der Waals surface area contributed by atoms with E-state index in [1.165, 1.54) is 13.0 Å². The maximum absolute atomic E-state index is 11.3. The maximum atomic E-state index is 11.3. The van der Waals surface area contributed by atoms with Gasteiger partial charge in [0.2, 0.25) is 0 Å². The Kier molecular flexibility index (Phi) is 4.99. The zero-order valence-corrected chi connectivity index (χ0v) is 11.0. The number of anilines is 1. The van der Waals surface area contributed by atoms with Gasteiger partial charge < -0.3 is 4.74 Å². The highest BCUT2D eigenvalue weighted by Gasteiger charge is 2.11. The minimum absolute atomic E-state index is 0.00557.